The zero-order chi connectivity index (χ0) is 12.2. The Bertz CT molecular complexity index is 264. The minimum Gasteiger partial charge on any atom is -0.314 e. The summed E-state index contributed by atoms with van der Waals surface area (Å²) in [4.78, 5) is 0. The summed E-state index contributed by atoms with van der Waals surface area (Å²) in [5.41, 5.74) is 1.99. The van der Waals surface area contributed by atoms with Gasteiger partial charge in [0.1, 0.15) is 0 Å². The lowest BCUT2D eigenvalue weighted by molar-refractivity contribution is -0.0780. The van der Waals surface area contributed by atoms with Gasteiger partial charge in [0.25, 0.3) is 0 Å². The van der Waals surface area contributed by atoms with Gasteiger partial charge >= 0.3 is 0 Å². The van der Waals surface area contributed by atoms with E-state index >= 15 is 0 Å². The van der Waals surface area contributed by atoms with Crippen molar-refractivity contribution in [3.8, 4) is 0 Å². The van der Waals surface area contributed by atoms with E-state index in [1.54, 1.807) is 0 Å². The molecule has 1 heteroatoms. The maximum Gasteiger partial charge on any atom is 0.0160 e. The van der Waals surface area contributed by atoms with Crippen LogP contribution in [-0.2, 0) is 0 Å². The zero-order valence-electron chi connectivity index (χ0n) is 12.0. The quantitative estimate of drug-likeness (QED) is 0.709. The molecule has 0 spiro atoms. The summed E-state index contributed by atoms with van der Waals surface area (Å²) in [5, 5.41) is 3.59. The molecule has 0 saturated heterocycles. The maximum atomic E-state index is 3.59. The van der Waals surface area contributed by atoms with Crippen LogP contribution in [0.5, 0.6) is 0 Å². The first kappa shape index (κ1) is 12.4. The third-order valence-corrected chi connectivity index (χ3v) is 4.90. The Morgan fingerprint density at radius 2 is 1.12 bits per heavy atom. The van der Waals surface area contributed by atoms with Gasteiger partial charge in [-0.2, -0.15) is 0 Å². The van der Waals surface area contributed by atoms with Crippen LogP contribution in [0.3, 0.4) is 0 Å². The van der Waals surface area contributed by atoms with E-state index in [1.807, 2.05) is 0 Å². The van der Waals surface area contributed by atoms with Crippen molar-refractivity contribution in [2.75, 3.05) is 7.05 Å². The van der Waals surface area contributed by atoms with E-state index in [0.717, 1.165) is 0 Å². The number of hydrogen-bond donors (Lipinski definition) is 1. The molecular formula is C15H29N. The summed E-state index contributed by atoms with van der Waals surface area (Å²) in [7, 11) is 2.14. The smallest absolute Gasteiger partial charge is 0.0160 e. The van der Waals surface area contributed by atoms with Gasteiger partial charge in [-0.1, -0.05) is 27.7 Å². The zero-order valence-corrected chi connectivity index (χ0v) is 12.0. The summed E-state index contributed by atoms with van der Waals surface area (Å²) in [6, 6.07) is 0. The Hall–Kier alpha value is -0.0400. The minimum atomic E-state index is 0.359. The molecule has 2 saturated carbocycles. The van der Waals surface area contributed by atoms with Gasteiger partial charge in [0.05, 0.1) is 0 Å². The third-order valence-electron chi connectivity index (χ3n) is 4.90. The fourth-order valence-corrected chi connectivity index (χ4v) is 5.90. The highest BCUT2D eigenvalue weighted by molar-refractivity contribution is 5.08. The lowest BCUT2D eigenvalue weighted by Crippen LogP contribution is -2.57. The molecule has 16 heavy (non-hydrogen) atoms. The Balaban J connectivity index is 2.32. The summed E-state index contributed by atoms with van der Waals surface area (Å²) >= 11 is 0. The number of rotatable bonds is 1. The molecule has 0 aromatic heterocycles. The molecule has 1 N–H and O–H groups in total. The Morgan fingerprint density at radius 1 is 0.688 bits per heavy atom. The van der Waals surface area contributed by atoms with Crippen LogP contribution in [0.1, 0.15) is 66.7 Å². The van der Waals surface area contributed by atoms with E-state index in [4.69, 9.17) is 0 Å². The fraction of sp³-hybridized carbons (Fsp3) is 1.00. The molecule has 2 aliphatic rings. The number of hydrogen-bond acceptors (Lipinski definition) is 1. The van der Waals surface area contributed by atoms with Gasteiger partial charge in [-0.05, 0) is 62.3 Å². The first-order chi connectivity index (χ1) is 7.10. The molecule has 2 aliphatic carbocycles. The van der Waals surface area contributed by atoms with Crippen LogP contribution < -0.4 is 5.32 Å². The fourth-order valence-electron chi connectivity index (χ4n) is 5.90. The molecule has 0 amide bonds. The average molecular weight is 223 g/mol. The normalized spacial score (nSPS) is 51.4. The van der Waals surface area contributed by atoms with E-state index in [2.05, 4.69) is 47.0 Å². The van der Waals surface area contributed by atoms with Crippen molar-refractivity contribution < 1.29 is 0 Å². The van der Waals surface area contributed by atoms with Crippen molar-refractivity contribution >= 4 is 0 Å². The Morgan fingerprint density at radius 3 is 1.50 bits per heavy atom. The van der Waals surface area contributed by atoms with Crippen LogP contribution in [0.4, 0.5) is 0 Å². The molecule has 0 aliphatic heterocycles. The highest BCUT2D eigenvalue weighted by atomic mass is 14.9. The molecule has 0 radical (unpaired) electrons. The van der Waals surface area contributed by atoms with Crippen molar-refractivity contribution in [2.45, 2.75) is 72.3 Å². The highest BCUT2D eigenvalue weighted by Crippen LogP contribution is 2.62. The van der Waals surface area contributed by atoms with E-state index in [9.17, 15) is 0 Å². The monoisotopic (exact) mass is 223 g/mol. The first-order valence-electron chi connectivity index (χ1n) is 6.79. The molecule has 0 aromatic rings. The predicted molar refractivity (Wildman–Crippen MR) is 70.5 cm³/mol. The van der Waals surface area contributed by atoms with E-state index < -0.39 is 0 Å². The second-order valence-corrected chi connectivity index (χ2v) is 8.48. The summed E-state index contributed by atoms with van der Waals surface area (Å²) < 4.78 is 0. The van der Waals surface area contributed by atoms with Gasteiger partial charge in [0.2, 0.25) is 0 Å². The Kier molecular flexibility index (Phi) is 2.52. The molecule has 0 aromatic carbocycles. The molecule has 2 atom stereocenters. The lowest BCUT2D eigenvalue weighted by Gasteiger charge is -2.60. The van der Waals surface area contributed by atoms with Crippen LogP contribution in [0.25, 0.3) is 0 Å². The molecule has 94 valence electrons. The molecule has 1 nitrogen and oxygen atoms in total. The van der Waals surface area contributed by atoms with Gasteiger partial charge in [-0.3, -0.25) is 0 Å². The van der Waals surface area contributed by atoms with Gasteiger partial charge in [-0.15, -0.1) is 0 Å². The van der Waals surface area contributed by atoms with Crippen LogP contribution in [0.2, 0.25) is 0 Å². The van der Waals surface area contributed by atoms with Gasteiger partial charge in [0.15, 0.2) is 0 Å². The number of fused-ring (bicyclic) bond motifs is 2. The molecule has 2 fully saturated rings. The molecule has 2 rings (SSSR count). The Labute approximate surface area is 101 Å². The van der Waals surface area contributed by atoms with E-state index in [0.29, 0.717) is 21.8 Å². The molecule has 0 heterocycles. The maximum absolute atomic E-state index is 3.59. The van der Waals surface area contributed by atoms with Crippen LogP contribution >= 0.6 is 0 Å². The second kappa shape index (κ2) is 3.25. The van der Waals surface area contributed by atoms with Crippen molar-refractivity contribution in [1.82, 2.24) is 5.32 Å². The van der Waals surface area contributed by atoms with Crippen LogP contribution in [0, 0.1) is 16.2 Å². The first-order valence-corrected chi connectivity index (χ1v) is 6.79. The van der Waals surface area contributed by atoms with Crippen molar-refractivity contribution in [1.29, 1.82) is 0 Å². The summed E-state index contributed by atoms with van der Waals surface area (Å²) in [6.45, 7) is 12.4. The SMILES string of the molecule is CNC1(C)CC2(C)CC(C)(C)CC(C)(C2)C1. The van der Waals surface area contributed by atoms with Gasteiger partial charge in [-0.25, -0.2) is 0 Å². The van der Waals surface area contributed by atoms with Crippen LogP contribution in [-0.4, -0.2) is 12.6 Å². The molecule has 2 bridgehead atoms. The van der Waals surface area contributed by atoms with E-state index in [-0.39, 0.29) is 0 Å². The third kappa shape index (κ3) is 2.16. The van der Waals surface area contributed by atoms with Crippen molar-refractivity contribution in [3.05, 3.63) is 0 Å². The average Bonchev–Trinajstić information content (AvgIpc) is 1.94. The van der Waals surface area contributed by atoms with Gasteiger partial charge in [0, 0.05) is 5.54 Å². The summed E-state index contributed by atoms with van der Waals surface area (Å²) in [5.74, 6) is 0. The number of nitrogens with one attached hydrogen (secondary N) is 1. The molecular weight excluding hydrogens is 194 g/mol. The van der Waals surface area contributed by atoms with Gasteiger partial charge < -0.3 is 5.32 Å². The standard InChI is InChI=1S/C15H29N/c1-12(2)7-13(3)9-14(4,8-12)11-15(5,10-13)16-6/h16H,7-11H2,1-6H3. The largest absolute Gasteiger partial charge is 0.314 e. The van der Waals surface area contributed by atoms with Crippen molar-refractivity contribution in [2.24, 2.45) is 16.2 Å². The molecule has 2 unspecified atom stereocenters. The summed E-state index contributed by atoms with van der Waals surface area (Å²) in [6.07, 6.45) is 6.91. The second-order valence-electron chi connectivity index (χ2n) is 8.48. The highest BCUT2D eigenvalue weighted by Gasteiger charge is 2.54. The van der Waals surface area contributed by atoms with Crippen LogP contribution in [0.15, 0.2) is 0 Å². The minimum absolute atomic E-state index is 0.359. The predicted octanol–water partition coefficient (Wildman–Crippen LogP) is 3.98. The topological polar surface area (TPSA) is 12.0 Å². The van der Waals surface area contributed by atoms with E-state index in [1.165, 1.54) is 32.1 Å². The van der Waals surface area contributed by atoms with Crippen molar-refractivity contribution in [3.63, 3.8) is 0 Å². The lowest BCUT2D eigenvalue weighted by atomic mass is 9.46.